The Labute approximate surface area is 305 Å². The second-order valence-corrected chi connectivity index (χ2v) is 14.4. The van der Waals surface area contributed by atoms with Crippen LogP contribution in [0.2, 0.25) is 0 Å². The van der Waals surface area contributed by atoms with Crippen LogP contribution in [0.4, 0.5) is 0 Å². The number of carbonyl (C=O) groups is 1. The van der Waals surface area contributed by atoms with E-state index in [-0.39, 0.29) is 48.9 Å². The van der Waals surface area contributed by atoms with Crippen molar-refractivity contribution in [2.75, 3.05) is 0 Å². The Balaban J connectivity index is 0.000000427. The summed E-state index contributed by atoms with van der Waals surface area (Å²) < 4.78 is 0. The first kappa shape index (κ1) is 41.4. The van der Waals surface area contributed by atoms with Crippen molar-refractivity contribution in [3.63, 3.8) is 0 Å². The predicted molar refractivity (Wildman–Crippen MR) is 203 cm³/mol. The molecule has 4 aromatic rings. The van der Waals surface area contributed by atoms with Gasteiger partial charge in [0.2, 0.25) is 0 Å². The van der Waals surface area contributed by atoms with Crippen LogP contribution in [0.3, 0.4) is 0 Å². The van der Waals surface area contributed by atoms with Crippen molar-refractivity contribution in [1.82, 2.24) is 4.98 Å². The molecule has 0 saturated heterocycles. The number of hydrogen-bond acceptors (Lipinski definition) is 3. The molecule has 4 rings (SSSR count). The zero-order chi connectivity index (χ0) is 35.1. The molecule has 0 fully saturated rings. The van der Waals surface area contributed by atoms with Gasteiger partial charge >= 0.3 is 0 Å². The molecule has 0 saturated carbocycles. The topological polar surface area (TPSA) is 50.2 Å². The number of aromatic nitrogens is 1. The summed E-state index contributed by atoms with van der Waals surface area (Å²) in [6.45, 7) is 26.6. The first-order valence-electron chi connectivity index (χ1n) is 18.0. The Hall–Kier alpha value is -2.81. The zero-order valence-electron chi connectivity index (χ0n) is 31.6. The molecule has 1 N–H and O–H groups in total. The fourth-order valence-electron chi connectivity index (χ4n) is 8.28. The van der Waals surface area contributed by atoms with Crippen LogP contribution < -0.4 is 0 Å². The molecule has 1 aromatic heterocycles. The largest absolute Gasteiger partial charge is 0.512 e. The van der Waals surface area contributed by atoms with Crippen molar-refractivity contribution in [2.45, 2.75) is 114 Å². The first-order chi connectivity index (χ1) is 22.3. The Bertz CT molecular complexity index is 1630. The first-order valence-corrected chi connectivity index (χ1v) is 18.0. The Kier molecular flexibility index (Phi) is 15.7. The summed E-state index contributed by atoms with van der Waals surface area (Å²) in [5.41, 5.74) is 6.09. The standard InChI is InChI=1S/C31H36N.C13H24O2.Ir/c1-19(2)31(20(3)4,21(5)6)26-10-12-27-24(18-26)9-11-29-28(27)13-14-32-30(29)25-16-22(7)15-23(8)17-25;1-5-10(6-2)12(14)9-13(15)11(7-3)8-4;/h9-16,18-21H,1-8H3;9-11,14H,5-8H2,1-4H3;/q-1;;/b;12-9-;. The van der Waals surface area contributed by atoms with E-state index in [9.17, 15) is 9.90 Å². The van der Waals surface area contributed by atoms with Crippen LogP contribution in [-0.4, -0.2) is 15.9 Å². The van der Waals surface area contributed by atoms with E-state index < -0.39 is 0 Å². The minimum absolute atomic E-state index is 0. The molecule has 0 atom stereocenters. The number of benzene rings is 3. The number of hydrogen-bond donors (Lipinski definition) is 1. The van der Waals surface area contributed by atoms with Gasteiger partial charge in [-0.25, -0.2) is 0 Å². The number of aliphatic hydroxyl groups is 1. The van der Waals surface area contributed by atoms with Gasteiger partial charge in [-0.2, -0.15) is 0 Å². The molecule has 0 unspecified atom stereocenters. The Morgan fingerprint density at radius 1 is 0.771 bits per heavy atom. The van der Waals surface area contributed by atoms with Crippen LogP contribution in [0.5, 0.6) is 0 Å². The third-order valence-electron chi connectivity index (χ3n) is 10.6. The molecule has 4 heteroatoms. The van der Waals surface area contributed by atoms with Crippen molar-refractivity contribution < 1.29 is 30.0 Å². The summed E-state index contributed by atoms with van der Waals surface area (Å²) in [6, 6.07) is 21.7. The van der Waals surface area contributed by atoms with E-state index in [1.807, 2.05) is 33.9 Å². The summed E-state index contributed by atoms with van der Waals surface area (Å²) >= 11 is 0. The number of ketones is 1. The summed E-state index contributed by atoms with van der Waals surface area (Å²) in [7, 11) is 0. The number of carbonyl (C=O) groups excluding carboxylic acids is 1. The van der Waals surface area contributed by atoms with E-state index in [0.717, 1.165) is 42.5 Å². The van der Waals surface area contributed by atoms with Crippen LogP contribution >= 0.6 is 0 Å². The normalized spacial score (nSPS) is 12.3. The minimum Gasteiger partial charge on any atom is -0.512 e. The number of aliphatic hydroxyl groups excluding tert-OH is 1. The van der Waals surface area contributed by atoms with E-state index in [1.165, 1.54) is 38.7 Å². The maximum absolute atomic E-state index is 11.7. The number of aryl methyl sites for hydroxylation is 2. The summed E-state index contributed by atoms with van der Waals surface area (Å²) in [5, 5.41) is 14.8. The van der Waals surface area contributed by atoms with Gasteiger partial charge in [-0.15, -0.1) is 34.9 Å². The molecule has 0 aliphatic heterocycles. The number of pyridine rings is 1. The molecule has 3 nitrogen and oxygen atoms in total. The van der Waals surface area contributed by atoms with Gasteiger partial charge in [-0.1, -0.05) is 113 Å². The molecule has 0 amide bonds. The van der Waals surface area contributed by atoms with Crippen LogP contribution in [0.15, 0.2) is 66.6 Å². The molecule has 0 bridgehead atoms. The van der Waals surface area contributed by atoms with Gasteiger partial charge in [0, 0.05) is 49.6 Å². The third kappa shape index (κ3) is 8.85. The van der Waals surface area contributed by atoms with Gasteiger partial charge in [0.15, 0.2) is 5.78 Å². The fraction of sp³-hybridized carbons (Fsp3) is 0.500. The van der Waals surface area contributed by atoms with Crippen molar-refractivity contribution in [3.8, 4) is 11.3 Å². The average Bonchev–Trinajstić information content (AvgIpc) is 3.01. The third-order valence-corrected chi connectivity index (χ3v) is 10.6. The number of nitrogens with zero attached hydrogens (tertiary/aromatic N) is 1. The SMILES string of the molecule is CCC(CC)C(=O)/C=C(\O)C(CC)CC.Cc1[c-]c(-c2nccc3c2ccc2cc(C(C(C)C)(C(C)C)C(C)C)ccc23)cc(C)c1.[Ir]. The molecular formula is C44H60IrNO2-. The molecule has 0 aliphatic carbocycles. The smallest absolute Gasteiger partial charge is 0.162 e. The molecule has 1 heterocycles. The molecule has 1 radical (unpaired) electrons. The van der Waals surface area contributed by atoms with E-state index in [4.69, 9.17) is 4.98 Å². The fourth-order valence-corrected chi connectivity index (χ4v) is 8.28. The Morgan fingerprint density at radius 2 is 1.33 bits per heavy atom. The van der Waals surface area contributed by atoms with Crippen LogP contribution in [0, 0.1) is 49.5 Å². The van der Waals surface area contributed by atoms with Crippen molar-refractivity contribution >= 4 is 27.3 Å². The van der Waals surface area contributed by atoms with Gasteiger partial charge in [-0.05, 0) is 82.3 Å². The molecule has 3 aromatic carbocycles. The van der Waals surface area contributed by atoms with Crippen LogP contribution in [0.25, 0.3) is 32.8 Å². The summed E-state index contributed by atoms with van der Waals surface area (Å²) in [6.07, 6.45) is 6.85. The van der Waals surface area contributed by atoms with E-state index in [2.05, 4.69) is 110 Å². The quantitative estimate of drug-likeness (QED) is 0.0670. The van der Waals surface area contributed by atoms with Gasteiger partial charge in [0.25, 0.3) is 0 Å². The molecular weight excluding hydrogens is 767 g/mol. The zero-order valence-corrected chi connectivity index (χ0v) is 34.0. The van der Waals surface area contributed by atoms with Crippen molar-refractivity contribution in [1.29, 1.82) is 0 Å². The molecule has 0 aliphatic rings. The molecule has 0 spiro atoms. The summed E-state index contributed by atoms with van der Waals surface area (Å²) in [4.78, 5) is 16.5. The van der Waals surface area contributed by atoms with Crippen LogP contribution in [-0.2, 0) is 30.3 Å². The Morgan fingerprint density at radius 3 is 1.85 bits per heavy atom. The van der Waals surface area contributed by atoms with Gasteiger partial charge in [0.05, 0.1) is 5.76 Å². The monoisotopic (exact) mass is 827 g/mol. The maximum Gasteiger partial charge on any atom is 0.162 e. The maximum atomic E-state index is 11.7. The number of rotatable bonds is 12. The van der Waals surface area contributed by atoms with Gasteiger partial charge in [-0.3, -0.25) is 4.79 Å². The van der Waals surface area contributed by atoms with E-state index >= 15 is 0 Å². The van der Waals surface area contributed by atoms with Gasteiger partial charge in [0.1, 0.15) is 0 Å². The van der Waals surface area contributed by atoms with Crippen molar-refractivity contribution in [2.24, 2.45) is 29.6 Å². The minimum atomic E-state index is 0. The van der Waals surface area contributed by atoms with Crippen LogP contribution in [0.1, 0.15) is 112 Å². The van der Waals surface area contributed by atoms with Crippen molar-refractivity contribution in [3.05, 3.63) is 89.3 Å². The van der Waals surface area contributed by atoms with E-state index in [0.29, 0.717) is 17.8 Å². The van der Waals surface area contributed by atoms with Gasteiger partial charge < -0.3 is 10.1 Å². The predicted octanol–water partition coefficient (Wildman–Crippen LogP) is 12.5. The molecule has 48 heavy (non-hydrogen) atoms. The number of fused-ring (bicyclic) bond motifs is 3. The summed E-state index contributed by atoms with van der Waals surface area (Å²) in [5.74, 6) is 2.25. The second kappa shape index (κ2) is 18.3. The average molecular weight is 827 g/mol. The molecule has 263 valence electrons. The second-order valence-electron chi connectivity index (χ2n) is 14.4. The number of allylic oxidation sites excluding steroid dienone is 2. The van der Waals surface area contributed by atoms with E-state index in [1.54, 1.807) is 0 Å².